The molecule has 2 heterocycles. The lowest BCUT2D eigenvalue weighted by atomic mass is 10.0. The van der Waals surface area contributed by atoms with Gasteiger partial charge < -0.3 is 14.2 Å². The molecule has 0 aliphatic carbocycles. The number of carbonyl (C=O) groups excluding carboxylic acids is 2. The van der Waals surface area contributed by atoms with Crippen molar-refractivity contribution in [2.45, 2.75) is 19.0 Å². The van der Waals surface area contributed by atoms with Crippen LogP contribution < -0.4 is 0 Å². The van der Waals surface area contributed by atoms with Gasteiger partial charge in [-0.2, -0.15) is 13.2 Å². The van der Waals surface area contributed by atoms with Gasteiger partial charge >= 0.3 is 12.1 Å². The van der Waals surface area contributed by atoms with Gasteiger partial charge in [-0.3, -0.25) is 4.79 Å². The van der Waals surface area contributed by atoms with Gasteiger partial charge in [0.05, 0.1) is 23.9 Å². The third kappa shape index (κ3) is 3.18. The summed E-state index contributed by atoms with van der Waals surface area (Å²) in [5.74, 6) is -1.26. The number of halogens is 3. The van der Waals surface area contributed by atoms with Crippen molar-refractivity contribution in [1.29, 1.82) is 0 Å². The number of ether oxygens (including phenoxy) is 1. The number of benzene rings is 1. The Hall–Kier alpha value is -2.77. The van der Waals surface area contributed by atoms with Gasteiger partial charge in [0.2, 0.25) is 0 Å². The number of likely N-dealkylation sites (tertiary alicyclic amines) is 1. The van der Waals surface area contributed by atoms with Crippen molar-refractivity contribution < 1.29 is 27.5 Å². The summed E-state index contributed by atoms with van der Waals surface area (Å²) in [4.78, 5) is 26.3. The number of hydrogen-bond acceptors (Lipinski definition) is 3. The van der Waals surface area contributed by atoms with E-state index < -0.39 is 23.6 Å². The van der Waals surface area contributed by atoms with Gasteiger partial charge in [-0.05, 0) is 37.1 Å². The Morgan fingerprint density at radius 2 is 1.77 bits per heavy atom. The molecule has 8 heteroatoms. The van der Waals surface area contributed by atoms with Crippen LogP contribution in [0, 0.1) is 0 Å². The number of para-hydroxylation sites is 1. The van der Waals surface area contributed by atoms with E-state index in [4.69, 9.17) is 0 Å². The summed E-state index contributed by atoms with van der Waals surface area (Å²) in [6.45, 7) is 1.01. The van der Waals surface area contributed by atoms with Gasteiger partial charge in [0.1, 0.15) is 5.69 Å². The van der Waals surface area contributed by atoms with E-state index in [9.17, 15) is 22.8 Å². The van der Waals surface area contributed by atoms with Gasteiger partial charge in [-0.1, -0.05) is 6.07 Å². The summed E-state index contributed by atoms with van der Waals surface area (Å²) in [6, 6.07) is 6.24. The average Bonchev–Trinajstić information content (AvgIpc) is 3.30. The molecule has 0 unspecified atom stereocenters. The molecule has 1 fully saturated rings. The normalized spacial score (nSPS) is 14.5. The Morgan fingerprint density at radius 1 is 1.08 bits per heavy atom. The second-order valence-electron chi connectivity index (χ2n) is 5.95. The predicted octanol–water partition coefficient (Wildman–Crippen LogP) is 3.52. The summed E-state index contributed by atoms with van der Waals surface area (Å²) in [5, 5.41) is 0. The lowest BCUT2D eigenvalue weighted by Crippen LogP contribution is -2.29. The van der Waals surface area contributed by atoms with Crippen LogP contribution in [0.1, 0.15) is 39.3 Å². The van der Waals surface area contributed by atoms with E-state index in [1.165, 1.54) is 35.4 Å². The molecule has 0 N–H and O–H groups in total. The van der Waals surface area contributed by atoms with Crippen LogP contribution >= 0.6 is 0 Å². The molecule has 1 aliphatic rings. The van der Waals surface area contributed by atoms with Crippen molar-refractivity contribution >= 4 is 11.9 Å². The topological polar surface area (TPSA) is 51.5 Å². The summed E-state index contributed by atoms with van der Waals surface area (Å²) in [5.41, 5.74) is -1.52. The molecule has 3 rings (SSSR count). The van der Waals surface area contributed by atoms with Crippen molar-refractivity contribution in [2.24, 2.45) is 0 Å². The van der Waals surface area contributed by atoms with Crippen molar-refractivity contribution in [3.05, 3.63) is 53.3 Å². The Kier molecular flexibility index (Phi) is 4.76. The number of rotatable bonds is 3. The predicted molar refractivity (Wildman–Crippen MR) is 87.2 cm³/mol. The zero-order chi connectivity index (χ0) is 18.9. The second kappa shape index (κ2) is 6.86. The van der Waals surface area contributed by atoms with E-state index in [-0.39, 0.29) is 16.9 Å². The van der Waals surface area contributed by atoms with Crippen molar-refractivity contribution in [2.75, 3.05) is 20.2 Å². The third-order valence-corrected chi connectivity index (χ3v) is 4.35. The van der Waals surface area contributed by atoms with Crippen molar-refractivity contribution in [3.8, 4) is 5.69 Å². The first-order valence-corrected chi connectivity index (χ1v) is 8.10. The Balaban J connectivity index is 2.23. The SMILES string of the molecule is COC(=O)c1cccn1-c1c(C(=O)N2CCCC2)cccc1C(F)(F)F. The number of amides is 1. The molecule has 0 atom stereocenters. The average molecular weight is 366 g/mol. The van der Waals surface area contributed by atoms with Crippen LogP contribution in [0.15, 0.2) is 36.5 Å². The molecule has 0 saturated carbocycles. The highest BCUT2D eigenvalue weighted by Crippen LogP contribution is 2.37. The molecule has 26 heavy (non-hydrogen) atoms. The summed E-state index contributed by atoms with van der Waals surface area (Å²) < 4.78 is 46.6. The molecule has 138 valence electrons. The van der Waals surface area contributed by atoms with Gasteiger partial charge in [0, 0.05) is 19.3 Å². The number of hydrogen-bond donors (Lipinski definition) is 0. The van der Waals surface area contributed by atoms with Crippen LogP contribution in [-0.4, -0.2) is 41.5 Å². The molecule has 1 amide bonds. The van der Waals surface area contributed by atoms with E-state index in [2.05, 4.69) is 4.74 Å². The van der Waals surface area contributed by atoms with Gasteiger partial charge in [0.15, 0.2) is 0 Å². The number of carbonyl (C=O) groups is 2. The van der Waals surface area contributed by atoms with Crippen LogP contribution in [-0.2, 0) is 10.9 Å². The number of nitrogens with zero attached hydrogens (tertiary/aromatic N) is 2. The Bertz CT molecular complexity index is 836. The fraction of sp³-hybridized carbons (Fsp3) is 0.333. The van der Waals surface area contributed by atoms with Crippen LogP contribution in [0.5, 0.6) is 0 Å². The molecule has 0 spiro atoms. The van der Waals surface area contributed by atoms with Crippen LogP contribution in [0.25, 0.3) is 5.69 Å². The third-order valence-electron chi connectivity index (χ3n) is 4.35. The van der Waals surface area contributed by atoms with Gasteiger partial charge in [-0.15, -0.1) is 0 Å². The maximum absolute atomic E-state index is 13.6. The quantitative estimate of drug-likeness (QED) is 0.781. The monoisotopic (exact) mass is 366 g/mol. The summed E-state index contributed by atoms with van der Waals surface area (Å²) in [6.07, 6.45) is -1.74. The van der Waals surface area contributed by atoms with Crippen molar-refractivity contribution in [1.82, 2.24) is 9.47 Å². The van der Waals surface area contributed by atoms with Crippen LogP contribution in [0.4, 0.5) is 13.2 Å². The summed E-state index contributed by atoms with van der Waals surface area (Å²) >= 11 is 0. The minimum Gasteiger partial charge on any atom is -0.464 e. The van der Waals surface area contributed by atoms with Gasteiger partial charge in [0.25, 0.3) is 5.91 Å². The molecule has 5 nitrogen and oxygen atoms in total. The molecule has 1 saturated heterocycles. The number of esters is 1. The van der Waals surface area contributed by atoms with E-state index in [0.717, 1.165) is 30.6 Å². The Labute approximate surface area is 148 Å². The highest BCUT2D eigenvalue weighted by molar-refractivity contribution is 5.99. The highest BCUT2D eigenvalue weighted by Gasteiger charge is 2.37. The molecule has 1 aliphatic heterocycles. The Morgan fingerprint density at radius 3 is 2.38 bits per heavy atom. The molecule has 0 bridgehead atoms. The number of aromatic nitrogens is 1. The molecule has 1 aromatic carbocycles. The highest BCUT2D eigenvalue weighted by atomic mass is 19.4. The molecule has 2 aromatic rings. The first kappa shape index (κ1) is 18.0. The van der Waals surface area contributed by atoms with Gasteiger partial charge in [-0.25, -0.2) is 4.79 Å². The second-order valence-corrected chi connectivity index (χ2v) is 5.95. The zero-order valence-electron chi connectivity index (χ0n) is 14.0. The maximum Gasteiger partial charge on any atom is 0.418 e. The van der Waals surface area contributed by atoms with E-state index in [0.29, 0.717) is 13.1 Å². The van der Waals surface area contributed by atoms with E-state index in [1.54, 1.807) is 0 Å². The van der Waals surface area contributed by atoms with E-state index in [1.807, 2.05) is 0 Å². The first-order chi connectivity index (χ1) is 12.3. The van der Waals surface area contributed by atoms with Crippen molar-refractivity contribution in [3.63, 3.8) is 0 Å². The fourth-order valence-corrected chi connectivity index (χ4v) is 3.14. The molecular formula is C18H17F3N2O3. The fourth-order valence-electron chi connectivity index (χ4n) is 3.14. The smallest absolute Gasteiger partial charge is 0.418 e. The minimum absolute atomic E-state index is 0.0836. The largest absolute Gasteiger partial charge is 0.464 e. The lowest BCUT2D eigenvalue weighted by Gasteiger charge is -2.22. The summed E-state index contributed by atoms with van der Waals surface area (Å²) in [7, 11) is 1.14. The molecule has 0 radical (unpaired) electrons. The molecular weight excluding hydrogens is 349 g/mol. The van der Waals surface area contributed by atoms with E-state index >= 15 is 0 Å². The number of methoxy groups -OCH3 is 1. The minimum atomic E-state index is -4.69. The standard InChI is InChI=1S/C18H17F3N2O3/c1-26-17(25)14-8-5-11-23(14)15-12(16(24)22-9-2-3-10-22)6-4-7-13(15)18(19,20)21/h4-8,11H,2-3,9-10H2,1H3. The lowest BCUT2D eigenvalue weighted by molar-refractivity contribution is -0.137. The zero-order valence-corrected chi connectivity index (χ0v) is 14.0. The van der Waals surface area contributed by atoms with Crippen LogP contribution in [0.3, 0.4) is 0 Å². The first-order valence-electron chi connectivity index (χ1n) is 8.10. The molecule has 1 aromatic heterocycles. The number of alkyl halides is 3. The maximum atomic E-state index is 13.6. The van der Waals surface area contributed by atoms with Crippen LogP contribution in [0.2, 0.25) is 0 Å².